The molecule has 0 saturated carbocycles. The first-order chi connectivity index (χ1) is 33.8. The summed E-state index contributed by atoms with van der Waals surface area (Å²) in [6, 6.07) is 74.9. The topological polar surface area (TPSA) is 7.76 Å². The molecule has 2 nitrogen and oxygen atoms in total. The molecule has 6 aromatic carbocycles. The van der Waals surface area contributed by atoms with Crippen LogP contribution < -0.4 is 9.13 Å². The van der Waals surface area contributed by atoms with Crippen LogP contribution in [0.2, 0.25) is 0 Å². The van der Waals surface area contributed by atoms with Crippen LogP contribution in [0.15, 0.2) is 206 Å². The molecule has 0 amide bonds. The van der Waals surface area contributed by atoms with Gasteiger partial charge in [-0.2, -0.15) is 9.13 Å². The molecule has 8 aromatic rings. The van der Waals surface area contributed by atoms with Gasteiger partial charge in [-0.25, -0.2) is 0 Å². The summed E-state index contributed by atoms with van der Waals surface area (Å²) in [5.41, 5.74) is 15.2. The van der Waals surface area contributed by atoms with Crippen LogP contribution in [0.5, 0.6) is 0 Å². The smallest absolute Gasteiger partial charge is 0.418 e. The third kappa shape index (κ3) is 17.6. The Labute approximate surface area is 407 Å². The maximum Gasteiger partial charge on any atom is 0.673 e. The predicted octanol–water partition coefficient (Wildman–Crippen LogP) is 17.5. The van der Waals surface area contributed by atoms with E-state index in [0.717, 1.165) is 13.1 Å². The van der Waals surface area contributed by atoms with Crippen molar-refractivity contribution in [3.63, 3.8) is 0 Å². The Hall–Kier alpha value is -6.81. The fourth-order valence-corrected chi connectivity index (χ4v) is 8.67. The number of hydrogen-bond donors (Lipinski definition) is 0. The van der Waals surface area contributed by atoms with Gasteiger partial charge in [0.2, 0.25) is 22.8 Å². The van der Waals surface area contributed by atoms with Gasteiger partial charge < -0.3 is 34.5 Å². The monoisotopic (exact) mass is 956 g/mol. The van der Waals surface area contributed by atoms with E-state index >= 15 is 0 Å². The SMILES string of the molecule is F[B-](F)(F)F.F[B-](F)(F)F.c1ccc(-c2cc(-c3ccccc3)[n+](CCCCCCCCCCCC[n+]3c(-c4ccccc4)cc(-c4ccccc4)cc3-c3ccccc3)c(-c3ccccc3)c2)cc1. The van der Waals surface area contributed by atoms with E-state index in [4.69, 9.17) is 0 Å². The van der Waals surface area contributed by atoms with Crippen molar-refractivity contribution in [2.75, 3.05) is 0 Å². The van der Waals surface area contributed by atoms with Crippen molar-refractivity contribution in [2.24, 2.45) is 0 Å². The summed E-state index contributed by atoms with van der Waals surface area (Å²) < 4.78 is 83.1. The first kappa shape index (κ1) is 52.6. The van der Waals surface area contributed by atoms with Crippen LogP contribution in [0.4, 0.5) is 34.5 Å². The molecule has 0 bridgehead atoms. The lowest BCUT2D eigenvalue weighted by Crippen LogP contribution is -2.39. The Morgan fingerprint density at radius 3 is 0.600 bits per heavy atom. The van der Waals surface area contributed by atoms with Crippen LogP contribution in [0.25, 0.3) is 67.3 Å². The molecule has 0 atom stereocenters. The van der Waals surface area contributed by atoms with Crippen LogP contribution in [0.3, 0.4) is 0 Å². The second-order valence-corrected chi connectivity index (χ2v) is 17.1. The Bertz CT molecular complexity index is 2420. The van der Waals surface area contributed by atoms with Gasteiger partial charge in [0.15, 0.2) is 0 Å². The van der Waals surface area contributed by atoms with E-state index in [0.29, 0.717) is 0 Å². The van der Waals surface area contributed by atoms with Gasteiger partial charge in [0.1, 0.15) is 13.1 Å². The lowest BCUT2D eigenvalue weighted by Gasteiger charge is -2.13. The van der Waals surface area contributed by atoms with Crippen molar-refractivity contribution in [3.05, 3.63) is 206 Å². The molecule has 0 fully saturated rings. The fraction of sp³-hybridized carbons (Fsp3) is 0.207. The van der Waals surface area contributed by atoms with Gasteiger partial charge >= 0.3 is 14.5 Å². The van der Waals surface area contributed by atoms with Crippen molar-refractivity contribution < 1.29 is 43.7 Å². The maximum absolute atomic E-state index is 9.75. The zero-order valence-corrected chi connectivity index (χ0v) is 39.2. The Balaban J connectivity index is 0.000000731. The number of benzene rings is 6. The molecule has 0 unspecified atom stereocenters. The number of unbranched alkanes of at least 4 members (excludes halogenated alkanes) is 9. The zero-order valence-electron chi connectivity index (χ0n) is 39.2. The largest absolute Gasteiger partial charge is 0.673 e. The highest BCUT2D eigenvalue weighted by Crippen LogP contribution is 2.31. The Kier molecular flexibility index (Phi) is 20.1. The predicted molar refractivity (Wildman–Crippen MR) is 272 cm³/mol. The Morgan fingerprint density at radius 2 is 0.400 bits per heavy atom. The van der Waals surface area contributed by atoms with Crippen LogP contribution in [0, 0.1) is 0 Å². The minimum atomic E-state index is -6.00. The summed E-state index contributed by atoms with van der Waals surface area (Å²) in [5.74, 6) is 0. The van der Waals surface area contributed by atoms with E-state index in [2.05, 4.69) is 215 Å². The molecule has 0 saturated heterocycles. The summed E-state index contributed by atoms with van der Waals surface area (Å²) in [7, 11) is -12.0. The summed E-state index contributed by atoms with van der Waals surface area (Å²) in [6.45, 7) is 2.02. The summed E-state index contributed by atoms with van der Waals surface area (Å²) in [5, 5.41) is 0. The molecular formula is C58H58B2F8N2. The minimum absolute atomic E-state index is 1.01. The number of nitrogens with zero attached hydrogens (tertiary/aromatic N) is 2. The highest BCUT2D eigenvalue weighted by atomic mass is 19.5. The quantitative estimate of drug-likeness (QED) is 0.0330. The molecule has 0 aliphatic heterocycles. The molecule has 0 aliphatic rings. The van der Waals surface area contributed by atoms with Crippen LogP contribution in [0.1, 0.15) is 64.2 Å². The van der Waals surface area contributed by atoms with Gasteiger partial charge in [-0.05, 0) is 83.6 Å². The summed E-state index contributed by atoms with van der Waals surface area (Å²) in [6.07, 6.45) is 12.7. The molecule has 0 spiro atoms. The molecule has 70 heavy (non-hydrogen) atoms. The van der Waals surface area contributed by atoms with Crippen molar-refractivity contribution >= 4 is 14.5 Å². The average Bonchev–Trinajstić information content (AvgIpc) is 3.37. The lowest BCUT2D eigenvalue weighted by atomic mass is 9.98. The number of rotatable bonds is 19. The second kappa shape index (κ2) is 26.8. The maximum atomic E-state index is 9.75. The van der Waals surface area contributed by atoms with Crippen molar-refractivity contribution in [1.82, 2.24) is 0 Å². The zero-order chi connectivity index (χ0) is 49.6. The first-order valence-electron chi connectivity index (χ1n) is 24.0. The van der Waals surface area contributed by atoms with Gasteiger partial charge in [-0.1, -0.05) is 172 Å². The molecule has 2 aromatic heterocycles. The van der Waals surface area contributed by atoms with E-state index in [1.54, 1.807) is 0 Å². The third-order valence-electron chi connectivity index (χ3n) is 11.8. The third-order valence-corrected chi connectivity index (χ3v) is 11.8. The molecule has 0 N–H and O–H groups in total. The highest BCUT2D eigenvalue weighted by Gasteiger charge is 2.25. The van der Waals surface area contributed by atoms with Gasteiger partial charge in [0, 0.05) is 59.4 Å². The second-order valence-electron chi connectivity index (χ2n) is 17.1. The summed E-state index contributed by atoms with van der Waals surface area (Å²) in [4.78, 5) is 0. The first-order valence-corrected chi connectivity index (χ1v) is 24.0. The van der Waals surface area contributed by atoms with Gasteiger partial charge in [0.25, 0.3) is 0 Å². The molecule has 12 heteroatoms. The van der Waals surface area contributed by atoms with E-state index in [-0.39, 0.29) is 0 Å². The lowest BCUT2D eigenvalue weighted by molar-refractivity contribution is -0.676. The number of aromatic nitrogens is 2. The van der Waals surface area contributed by atoms with Gasteiger partial charge in [-0.15, -0.1) is 0 Å². The van der Waals surface area contributed by atoms with Crippen molar-refractivity contribution in [2.45, 2.75) is 77.3 Å². The number of hydrogen-bond acceptors (Lipinski definition) is 0. The molecule has 8 rings (SSSR count). The van der Waals surface area contributed by atoms with Gasteiger partial charge in [0.05, 0.1) is 0 Å². The average molecular weight is 957 g/mol. The Morgan fingerprint density at radius 1 is 0.229 bits per heavy atom. The standard InChI is InChI=1S/C58H58N2.2BF4/c1(3-5-7-27-41-59-55(49-33-19-11-20-34-49)43-53(47-29-15-9-16-30-47)44-56(59)50-35-21-12-22-36-50)2-4-6-8-28-42-60-57(51-37-23-13-24-38-51)45-54(48-31-17-10-18-32-48)46-58(60)52-39-25-14-26-40-52;2*2-1(3,4)5/h9-26,29-40,43-46H,1-8,27-28,41-42H2;;/q+2;2*-1. The molecule has 362 valence electrons. The molecular weight excluding hydrogens is 898 g/mol. The van der Waals surface area contributed by atoms with Crippen LogP contribution in [-0.2, 0) is 13.1 Å². The van der Waals surface area contributed by atoms with Crippen molar-refractivity contribution in [3.8, 4) is 67.3 Å². The number of halogens is 8. The van der Waals surface area contributed by atoms with Crippen LogP contribution in [-0.4, -0.2) is 14.5 Å². The minimum Gasteiger partial charge on any atom is -0.418 e. The van der Waals surface area contributed by atoms with E-state index < -0.39 is 14.5 Å². The molecule has 2 heterocycles. The molecule has 0 radical (unpaired) electrons. The van der Waals surface area contributed by atoms with Crippen LogP contribution >= 0.6 is 0 Å². The molecule has 0 aliphatic carbocycles. The fourth-order valence-electron chi connectivity index (χ4n) is 8.67. The van der Waals surface area contributed by atoms with E-state index in [1.165, 1.54) is 131 Å². The normalized spacial score (nSPS) is 11.3. The number of pyridine rings is 2. The highest BCUT2D eigenvalue weighted by molar-refractivity contribution is 6.50. The van der Waals surface area contributed by atoms with Crippen molar-refractivity contribution in [1.29, 1.82) is 0 Å². The van der Waals surface area contributed by atoms with Gasteiger partial charge in [-0.3, -0.25) is 0 Å². The summed E-state index contributed by atoms with van der Waals surface area (Å²) >= 11 is 0. The van der Waals surface area contributed by atoms with E-state index in [9.17, 15) is 34.5 Å². The van der Waals surface area contributed by atoms with E-state index in [1.807, 2.05) is 0 Å².